The molecule has 0 heterocycles. The van der Waals surface area contributed by atoms with Gasteiger partial charge in [0.2, 0.25) is 0 Å². The Kier molecular flexibility index (Phi) is 5.02. The Labute approximate surface area is 106 Å². The minimum atomic E-state index is -4.12. The van der Waals surface area contributed by atoms with Crippen LogP contribution in [0, 0.1) is 0 Å². The summed E-state index contributed by atoms with van der Waals surface area (Å²) in [6.45, 7) is 1.84. The van der Waals surface area contributed by atoms with Crippen molar-refractivity contribution in [2.75, 3.05) is 18.5 Å². The van der Waals surface area contributed by atoms with E-state index in [9.17, 15) is 13.2 Å². The van der Waals surface area contributed by atoms with Crippen LogP contribution in [0.5, 0.6) is 0 Å². The Morgan fingerprint density at radius 2 is 1.89 bits per heavy atom. The number of rotatable bonds is 5. The summed E-state index contributed by atoms with van der Waals surface area (Å²) in [7, 11) is 1.67. The highest BCUT2D eigenvalue weighted by molar-refractivity contribution is 5.53. The van der Waals surface area contributed by atoms with Gasteiger partial charge < -0.3 is 10.6 Å². The van der Waals surface area contributed by atoms with Gasteiger partial charge in [0, 0.05) is 25.3 Å². The van der Waals surface area contributed by atoms with Gasteiger partial charge in [-0.05, 0) is 25.0 Å². The Morgan fingerprint density at radius 1 is 1.28 bits per heavy atom. The molecule has 0 radical (unpaired) electrons. The number of para-hydroxylation sites is 1. The first kappa shape index (κ1) is 14.8. The molecule has 0 amide bonds. The summed E-state index contributed by atoms with van der Waals surface area (Å²) in [5.41, 5.74) is 7.54. The van der Waals surface area contributed by atoms with Crippen LogP contribution in [0.15, 0.2) is 24.3 Å². The number of nitrogens with zero attached hydrogens (tertiary/aromatic N) is 1. The fraction of sp³-hybridized carbons (Fsp3) is 0.538. The maximum atomic E-state index is 12.2. The van der Waals surface area contributed by atoms with Crippen LogP contribution in [0.4, 0.5) is 18.9 Å². The van der Waals surface area contributed by atoms with E-state index >= 15 is 0 Å². The first-order chi connectivity index (χ1) is 8.29. The van der Waals surface area contributed by atoms with Crippen molar-refractivity contribution in [1.29, 1.82) is 0 Å². The molecule has 1 aromatic carbocycles. The van der Waals surface area contributed by atoms with Gasteiger partial charge in [0.25, 0.3) is 0 Å². The van der Waals surface area contributed by atoms with Crippen molar-refractivity contribution in [3.8, 4) is 0 Å². The second-order valence-corrected chi connectivity index (χ2v) is 4.60. The van der Waals surface area contributed by atoms with E-state index in [4.69, 9.17) is 5.73 Å². The van der Waals surface area contributed by atoms with Crippen molar-refractivity contribution in [3.63, 3.8) is 0 Å². The standard InChI is InChI=1S/C13H19F3N2/c1-10(17)9-11-5-3-4-6-12(11)18(2)8-7-13(14,15)16/h3-6,10H,7-9,17H2,1-2H3. The summed E-state index contributed by atoms with van der Waals surface area (Å²) in [5, 5.41) is 0. The van der Waals surface area contributed by atoms with Crippen LogP contribution < -0.4 is 10.6 Å². The van der Waals surface area contributed by atoms with Crippen LogP contribution in [-0.2, 0) is 6.42 Å². The molecule has 0 saturated carbocycles. The molecule has 102 valence electrons. The fourth-order valence-corrected chi connectivity index (χ4v) is 1.82. The summed E-state index contributed by atoms with van der Waals surface area (Å²) in [4.78, 5) is 1.63. The highest BCUT2D eigenvalue weighted by Gasteiger charge is 2.27. The molecule has 0 aliphatic heterocycles. The third-order valence-corrected chi connectivity index (χ3v) is 2.68. The van der Waals surface area contributed by atoms with Crippen LogP contribution in [0.2, 0.25) is 0 Å². The largest absolute Gasteiger partial charge is 0.390 e. The molecule has 2 nitrogen and oxygen atoms in total. The number of hydrogen-bond acceptors (Lipinski definition) is 2. The first-order valence-corrected chi connectivity index (χ1v) is 5.91. The van der Waals surface area contributed by atoms with E-state index in [1.807, 2.05) is 31.2 Å². The highest BCUT2D eigenvalue weighted by Crippen LogP contribution is 2.24. The summed E-state index contributed by atoms with van der Waals surface area (Å²) in [5.74, 6) is 0. The molecule has 0 spiro atoms. The molecule has 18 heavy (non-hydrogen) atoms. The predicted octanol–water partition coefficient (Wildman–Crippen LogP) is 2.96. The molecule has 0 aliphatic carbocycles. The molecular formula is C13H19F3N2. The van der Waals surface area contributed by atoms with Crippen LogP contribution in [0.25, 0.3) is 0 Å². The van der Waals surface area contributed by atoms with Crippen molar-refractivity contribution >= 4 is 5.69 Å². The Hall–Kier alpha value is -1.23. The molecule has 0 bridgehead atoms. The molecule has 1 rings (SSSR count). The molecule has 0 aromatic heterocycles. The zero-order valence-electron chi connectivity index (χ0n) is 10.7. The summed E-state index contributed by atoms with van der Waals surface area (Å²) >= 11 is 0. The predicted molar refractivity (Wildman–Crippen MR) is 67.7 cm³/mol. The Bertz CT molecular complexity index is 375. The lowest BCUT2D eigenvalue weighted by Gasteiger charge is -2.23. The minimum Gasteiger partial charge on any atom is -0.374 e. The molecule has 5 heteroatoms. The van der Waals surface area contributed by atoms with Crippen LogP contribution in [0.3, 0.4) is 0 Å². The van der Waals surface area contributed by atoms with Crippen LogP contribution >= 0.6 is 0 Å². The zero-order chi connectivity index (χ0) is 13.8. The first-order valence-electron chi connectivity index (χ1n) is 5.91. The van der Waals surface area contributed by atoms with Gasteiger partial charge in [0.1, 0.15) is 0 Å². The van der Waals surface area contributed by atoms with Crippen molar-refractivity contribution in [3.05, 3.63) is 29.8 Å². The number of anilines is 1. The van der Waals surface area contributed by atoms with Crippen molar-refractivity contribution in [1.82, 2.24) is 0 Å². The molecule has 0 saturated heterocycles. The lowest BCUT2D eigenvalue weighted by molar-refractivity contribution is -0.132. The number of benzene rings is 1. The molecular weight excluding hydrogens is 241 g/mol. The zero-order valence-corrected chi connectivity index (χ0v) is 10.7. The third-order valence-electron chi connectivity index (χ3n) is 2.68. The van der Waals surface area contributed by atoms with Gasteiger partial charge in [0.15, 0.2) is 0 Å². The van der Waals surface area contributed by atoms with E-state index in [-0.39, 0.29) is 12.6 Å². The van der Waals surface area contributed by atoms with E-state index in [1.54, 1.807) is 11.9 Å². The quantitative estimate of drug-likeness (QED) is 0.882. The van der Waals surface area contributed by atoms with Crippen LogP contribution in [-0.4, -0.2) is 25.8 Å². The second kappa shape index (κ2) is 6.09. The maximum Gasteiger partial charge on any atom is 0.390 e. The van der Waals surface area contributed by atoms with Crippen molar-refractivity contribution in [2.24, 2.45) is 5.73 Å². The third kappa shape index (κ3) is 4.96. The number of nitrogens with two attached hydrogens (primary N) is 1. The molecule has 0 aliphatic rings. The summed E-state index contributed by atoms with van der Waals surface area (Å²) < 4.78 is 36.6. The van der Waals surface area contributed by atoms with Gasteiger partial charge in [-0.25, -0.2) is 0 Å². The van der Waals surface area contributed by atoms with Crippen LogP contribution in [0.1, 0.15) is 18.9 Å². The molecule has 1 aromatic rings. The summed E-state index contributed by atoms with van der Waals surface area (Å²) in [6, 6.07) is 7.42. The van der Waals surface area contributed by atoms with Crippen molar-refractivity contribution in [2.45, 2.75) is 32.0 Å². The monoisotopic (exact) mass is 260 g/mol. The second-order valence-electron chi connectivity index (χ2n) is 4.60. The summed E-state index contributed by atoms with van der Waals surface area (Å²) in [6.07, 6.45) is -4.27. The van der Waals surface area contributed by atoms with E-state index in [1.165, 1.54) is 0 Å². The number of halogens is 3. The molecule has 1 unspecified atom stereocenters. The molecule has 2 N–H and O–H groups in total. The van der Waals surface area contributed by atoms with Gasteiger partial charge in [-0.3, -0.25) is 0 Å². The van der Waals surface area contributed by atoms with Gasteiger partial charge in [0.05, 0.1) is 6.42 Å². The minimum absolute atomic E-state index is 0.0119. The van der Waals surface area contributed by atoms with E-state index in [0.29, 0.717) is 6.42 Å². The maximum absolute atomic E-state index is 12.2. The van der Waals surface area contributed by atoms with E-state index < -0.39 is 12.6 Å². The van der Waals surface area contributed by atoms with Crippen molar-refractivity contribution < 1.29 is 13.2 Å². The van der Waals surface area contributed by atoms with Gasteiger partial charge in [-0.2, -0.15) is 13.2 Å². The molecule has 1 atom stereocenters. The lowest BCUT2D eigenvalue weighted by Crippen LogP contribution is -2.26. The lowest BCUT2D eigenvalue weighted by atomic mass is 10.0. The van der Waals surface area contributed by atoms with Gasteiger partial charge in [-0.15, -0.1) is 0 Å². The van der Waals surface area contributed by atoms with E-state index in [2.05, 4.69) is 0 Å². The topological polar surface area (TPSA) is 29.3 Å². The smallest absolute Gasteiger partial charge is 0.374 e. The average molecular weight is 260 g/mol. The highest BCUT2D eigenvalue weighted by atomic mass is 19.4. The normalized spacial score (nSPS) is 13.4. The molecule has 0 fully saturated rings. The fourth-order valence-electron chi connectivity index (χ4n) is 1.82. The Balaban J connectivity index is 2.75. The SMILES string of the molecule is CC(N)Cc1ccccc1N(C)CCC(F)(F)F. The average Bonchev–Trinajstić information content (AvgIpc) is 2.25. The Morgan fingerprint density at radius 3 is 2.44 bits per heavy atom. The van der Waals surface area contributed by atoms with Gasteiger partial charge >= 0.3 is 6.18 Å². The van der Waals surface area contributed by atoms with Gasteiger partial charge in [-0.1, -0.05) is 18.2 Å². The van der Waals surface area contributed by atoms with E-state index in [0.717, 1.165) is 11.3 Å². The number of hydrogen-bond donors (Lipinski definition) is 1. The number of alkyl halides is 3.